The Kier molecular flexibility index (Phi) is 6.61. The van der Waals surface area contributed by atoms with Crippen molar-refractivity contribution in [1.29, 1.82) is 0 Å². The number of nitrogens with one attached hydrogen (secondary N) is 1. The molecule has 3 N–H and O–H groups in total. The Morgan fingerprint density at radius 3 is 2.54 bits per heavy atom. The predicted molar refractivity (Wildman–Crippen MR) is 133 cm³/mol. The van der Waals surface area contributed by atoms with E-state index in [4.69, 9.17) is 19.2 Å². The van der Waals surface area contributed by atoms with E-state index < -0.39 is 6.09 Å². The standard InChI is InChI=1S/C24H29N7O6/c1-35-18-7-15(8-19(36-2)21(18)37-3)30-11-20(25-13-30)27-23-26-17-10-29(24(33)34)9-16(17)22(28-23)31-6-4-5-14(31)12-32/h7-8,11,13-14,32H,4-6,9-10,12H2,1-3H3,(H,33,34)(H,26,27,28). The summed E-state index contributed by atoms with van der Waals surface area (Å²) in [7, 11) is 4.65. The summed E-state index contributed by atoms with van der Waals surface area (Å²) in [5, 5.41) is 22.5. The number of fused-ring (bicyclic) bond motifs is 1. The highest BCUT2D eigenvalue weighted by Gasteiger charge is 2.34. The van der Waals surface area contributed by atoms with Gasteiger partial charge in [-0.15, -0.1) is 0 Å². The second-order valence-corrected chi connectivity index (χ2v) is 8.78. The molecule has 1 unspecified atom stereocenters. The minimum atomic E-state index is -1.01. The molecular formula is C24H29N7O6. The van der Waals surface area contributed by atoms with Crippen LogP contribution in [-0.4, -0.2) is 81.2 Å². The summed E-state index contributed by atoms with van der Waals surface area (Å²) in [5.41, 5.74) is 2.16. The van der Waals surface area contributed by atoms with E-state index in [2.05, 4.69) is 15.3 Å². The van der Waals surface area contributed by atoms with Gasteiger partial charge < -0.3 is 39.2 Å². The first kappa shape index (κ1) is 24.4. The molecule has 1 amide bonds. The van der Waals surface area contributed by atoms with Crippen molar-refractivity contribution in [1.82, 2.24) is 24.4 Å². The van der Waals surface area contributed by atoms with E-state index in [1.165, 1.54) is 4.90 Å². The number of hydrogen-bond acceptors (Lipinski definition) is 10. The quantitative estimate of drug-likeness (QED) is 0.409. The maximum absolute atomic E-state index is 11.6. The number of ether oxygens (including phenoxy) is 3. The number of aliphatic hydroxyl groups excluding tert-OH is 1. The summed E-state index contributed by atoms with van der Waals surface area (Å²) in [6.07, 6.45) is 4.16. The molecule has 3 aromatic rings. The molecule has 0 aliphatic carbocycles. The molecule has 2 aromatic heterocycles. The summed E-state index contributed by atoms with van der Waals surface area (Å²) < 4.78 is 18.1. The highest BCUT2D eigenvalue weighted by atomic mass is 16.5. The molecule has 37 heavy (non-hydrogen) atoms. The van der Waals surface area contributed by atoms with Gasteiger partial charge in [-0.2, -0.15) is 4.98 Å². The van der Waals surface area contributed by atoms with Crippen LogP contribution in [0.3, 0.4) is 0 Å². The first-order chi connectivity index (χ1) is 17.9. The Hall–Kier alpha value is -4.26. The van der Waals surface area contributed by atoms with Gasteiger partial charge in [-0.3, -0.25) is 4.90 Å². The normalized spacial score (nSPS) is 16.6. The van der Waals surface area contributed by atoms with Crippen LogP contribution in [0.4, 0.5) is 22.4 Å². The zero-order valence-corrected chi connectivity index (χ0v) is 20.8. The molecule has 13 heteroatoms. The second kappa shape index (κ2) is 10.0. The number of methoxy groups -OCH3 is 3. The van der Waals surface area contributed by atoms with Crippen molar-refractivity contribution in [2.75, 3.05) is 44.7 Å². The molecule has 1 aromatic carbocycles. The Labute approximate surface area is 213 Å². The Morgan fingerprint density at radius 2 is 1.89 bits per heavy atom. The molecule has 0 bridgehead atoms. The average molecular weight is 512 g/mol. The first-order valence-corrected chi connectivity index (χ1v) is 11.8. The topological polar surface area (TPSA) is 147 Å². The van der Waals surface area contributed by atoms with Crippen LogP contribution in [0, 0.1) is 0 Å². The fourth-order valence-corrected chi connectivity index (χ4v) is 4.83. The van der Waals surface area contributed by atoms with Crippen LogP contribution in [0.2, 0.25) is 0 Å². The molecular weight excluding hydrogens is 482 g/mol. The van der Waals surface area contributed by atoms with Crippen LogP contribution in [0.25, 0.3) is 5.69 Å². The Morgan fingerprint density at radius 1 is 1.14 bits per heavy atom. The second-order valence-electron chi connectivity index (χ2n) is 8.78. The molecule has 1 fully saturated rings. The van der Waals surface area contributed by atoms with Gasteiger partial charge in [-0.1, -0.05) is 0 Å². The van der Waals surface area contributed by atoms with Crippen LogP contribution >= 0.6 is 0 Å². The van der Waals surface area contributed by atoms with Crippen molar-refractivity contribution in [2.24, 2.45) is 0 Å². The largest absolute Gasteiger partial charge is 0.493 e. The number of carbonyl (C=O) groups is 1. The Balaban J connectivity index is 1.46. The third-order valence-electron chi connectivity index (χ3n) is 6.66. The highest BCUT2D eigenvalue weighted by Crippen LogP contribution is 2.39. The number of anilines is 3. The third-order valence-corrected chi connectivity index (χ3v) is 6.66. The van der Waals surface area contributed by atoms with Crippen LogP contribution in [0.1, 0.15) is 24.1 Å². The van der Waals surface area contributed by atoms with Gasteiger partial charge in [-0.05, 0) is 12.8 Å². The number of aromatic nitrogens is 4. The number of carboxylic acid groups (broad SMARTS) is 1. The fraction of sp³-hybridized carbons (Fsp3) is 0.417. The van der Waals surface area contributed by atoms with E-state index in [0.29, 0.717) is 40.5 Å². The summed E-state index contributed by atoms with van der Waals surface area (Å²) in [6, 6.07) is 3.55. The molecule has 1 atom stereocenters. The van der Waals surface area contributed by atoms with Crippen molar-refractivity contribution in [3.63, 3.8) is 0 Å². The number of hydrogen-bond donors (Lipinski definition) is 3. The van der Waals surface area contributed by atoms with Crippen molar-refractivity contribution < 1.29 is 29.2 Å². The smallest absolute Gasteiger partial charge is 0.407 e. The summed E-state index contributed by atoms with van der Waals surface area (Å²) in [5.74, 6) is 2.96. The number of benzene rings is 1. The van der Waals surface area contributed by atoms with E-state index in [0.717, 1.165) is 30.6 Å². The third kappa shape index (κ3) is 4.53. The van der Waals surface area contributed by atoms with Gasteiger partial charge in [0.1, 0.15) is 12.1 Å². The lowest BCUT2D eigenvalue weighted by atomic mass is 10.2. The SMILES string of the molecule is COc1cc(-n2cnc(Nc3nc4c(c(N5CCCC5CO)n3)CN(C(=O)O)C4)c2)cc(OC)c1OC. The zero-order chi connectivity index (χ0) is 26.1. The number of rotatable bonds is 8. The van der Waals surface area contributed by atoms with E-state index in [1.54, 1.807) is 50.6 Å². The first-order valence-electron chi connectivity index (χ1n) is 11.8. The Bertz CT molecular complexity index is 1290. The van der Waals surface area contributed by atoms with E-state index in [-0.39, 0.29) is 25.7 Å². The van der Waals surface area contributed by atoms with Gasteiger partial charge in [0.2, 0.25) is 11.7 Å². The van der Waals surface area contributed by atoms with Gasteiger partial charge in [0.25, 0.3) is 0 Å². The van der Waals surface area contributed by atoms with E-state index in [1.807, 2.05) is 4.90 Å². The van der Waals surface area contributed by atoms with Crippen molar-refractivity contribution in [3.8, 4) is 22.9 Å². The van der Waals surface area contributed by atoms with Crippen molar-refractivity contribution in [3.05, 3.63) is 35.9 Å². The minimum absolute atomic E-state index is 0.00335. The number of aliphatic hydroxyl groups is 1. The lowest BCUT2D eigenvalue weighted by molar-refractivity contribution is 0.145. The lowest BCUT2D eigenvalue weighted by Gasteiger charge is -2.26. The molecule has 13 nitrogen and oxygen atoms in total. The maximum atomic E-state index is 11.6. The molecule has 0 saturated carbocycles. The average Bonchev–Trinajstić information content (AvgIpc) is 3.66. The number of nitrogens with zero attached hydrogens (tertiary/aromatic N) is 6. The van der Waals surface area contributed by atoms with E-state index in [9.17, 15) is 15.0 Å². The monoisotopic (exact) mass is 511 g/mol. The molecule has 196 valence electrons. The van der Waals surface area contributed by atoms with Crippen LogP contribution < -0.4 is 24.4 Å². The van der Waals surface area contributed by atoms with Crippen LogP contribution in [-0.2, 0) is 13.1 Å². The van der Waals surface area contributed by atoms with Gasteiger partial charge >= 0.3 is 6.09 Å². The zero-order valence-electron chi connectivity index (χ0n) is 20.8. The fourth-order valence-electron chi connectivity index (χ4n) is 4.83. The summed E-state index contributed by atoms with van der Waals surface area (Å²) in [4.78, 5) is 28.8. The van der Waals surface area contributed by atoms with Crippen molar-refractivity contribution >= 4 is 23.7 Å². The molecule has 1 saturated heterocycles. The maximum Gasteiger partial charge on any atom is 0.407 e. The van der Waals surface area contributed by atoms with Gasteiger partial charge in [0.15, 0.2) is 17.3 Å². The molecule has 0 radical (unpaired) electrons. The highest BCUT2D eigenvalue weighted by molar-refractivity contribution is 5.68. The molecule has 5 rings (SSSR count). The minimum Gasteiger partial charge on any atom is -0.493 e. The summed E-state index contributed by atoms with van der Waals surface area (Å²) >= 11 is 0. The number of imidazole rings is 1. The van der Waals surface area contributed by atoms with Gasteiger partial charge in [0.05, 0.1) is 64.6 Å². The van der Waals surface area contributed by atoms with Crippen LogP contribution in [0.5, 0.6) is 17.2 Å². The lowest BCUT2D eigenvalue weighted by Crippen LogP contribution is -2.34. The molecule has 0 spiro atoms. The van der Waals surface area contributed by atoms with Gasteiger partial charge in [0, 0.05) is 24.2 Å². The molecule has 2 aliphatic heterocycles. The van der Waals surface area contributed by atoms with E-state index >= 15 is 0 Å². The van der Waals surface area contributed by atoms with Crippen LogP contribution in [0.15, 0.2) is 24.7 Å². The van der Waals surface area contributed by atoms with Crippen molar-refractivity contribution in [2.45, 2.75) is 32.0 Å². The predicted octanol–water partition coefficient (Wildman–Crippen LogP) is 2.39. The number of amides is 1. The molecule has 2 aliphatic rings. The molecule has 4 heterocycles. The summed E-state index contributed by atoms with van der Waals surface area (Å²) in [6.45, 7) is 1.12. The van der Waals surface area contributed by atoms with Gasteiger partial charge in [-0.25, -0.2) is 14.8 Å².